The lowest BCUT2D eigenvalue weighted by Crippen LogP contribution is -2.18. The zero-order chi connectivity index (χ0) is 15.2. The fourth-order valence-electron chi connectivity index (χ4n) is 2.24. The minimum absolute atomic E-state index is 0.0438. The Morgan fingerprint density at radius 3 is 2.52 bits per heavy atom. The summed E-state index contributed by atoms with van der Waals surface area (Å²) in [6.07, 6.45) is 0.0438. The molecule has 0 aliphatic heterocycles. The molecule has 0 bridgehead atoms. The van der Waals surface area contributed by atoms with Gasteiger partial charge in [-0.3, -0.25) is 4.79 Å². The summed E-state index contributed by atoms with van der Waals surface area (Å²) in [5.41, 5.74) is 2.89. The molecule has 0 saturated carbocycles. The number of methoxy groups -OCH3 is 1. The van der Waals surface area contributed by atoms with Crippen molar-refractivity contribution in [3.8, 4) is 5.75 Å². The van der Waals surface area contributed by atoms with Gasteiger partial charge in [0.05, 0.1) is 13.5 Å². The molecular formula is C17H19NO3. The van der Waals surface area contributed by atoms with Gasteiger partial charge in [-0.1, -0.05) is 30.3 Å². The van der Waals surface area contributed by atoms with Gasteiger partial charge in [0.15, 0.2) is 0 Å². The molecule has 1 N–H and O–H groups in total. The molecule has 2 aromatic rings. The van der Waals surface area contributed by atoms with E-state index in [9.17, 15) is 4.79 Å². The first kappa shape index (κ1) is 14.9. The molecule has 0 amide bonds. The second-order valence-electron chi connectivity index (χ2n) is 4.90. The molecule has 0 unspecified atom stereocenters. The van der Waals surface area contributed by atoms with Crippen molar-refractivity contribution in [3.63, 3.8) is 0 Å². The van der Waals surface area contributed by atoms with Crippen molar-refractivity contribution < 1.29 is 14.6 Å². The molecule has 0 saturated heterocycles. The van der Waals surface area contributed by atoms with E-state index in [0.717, 1.165) is 22.6 Å². The Bertz CT molecular complexity index is 625. The maximum atomic E-state index is 10.9. The van der Waals surface area contributed by atoms with E-state index in [2.05, 4.69) is 4.90 Å². The minimum atomic E-state index is -0.813. The van der Waals surface area contributed by atoms with Crippen molar-refractivity contribution in [2.24, 2.45) is 0 Å². The van der Waals surface area contributed by atoms with Crippen LogP contribution < -0.4 is 9.64 Å². The minimum Gasteiger partial charge on any atom is -0.497 e. The van der Waals surface area contributed by atoms with Gasteiger partial charge in [0.25, 0.3) is 0 Å². The summed E-state index contributed by atoms with van der Waals surface area (Å²) < 4.78 is 5.23. The van der Waals surface area contributed by atoms with E-state index in [1.807, 2.05) is 55.6 Å². The molecule has 0 fully saturated rings. The smallest absolute Gasteiger partial charge is 0.307 e. The number of rotatable bonds is 6. The molecule has 2 aromatic carbocycles. The molecule has 110 valence electrons. The third kappa shape index (κ3) is 3.99. The van der Waals surface area contributed by atoms with Gasteiger partial charge in [-0.15, -0.1) is 0 Å². The number of aliphatic carboxylic acids is 1. The lowest BCUT2D eigenvalue weighted by atomic mass is 10.0. The van der Waals surface area contributed by atoms with Crippen LogP contribution in [-0.2, 0) is 17.8 Å². The second-order valence-corrected chi connectivity index (χ2v) is 4.90. The lowest BCUT2D eigenvalue weighted by molar-refractivity contribution is -0.136. The number of benzene rings is 2. The van der Waals surface area contributed by atoms with E-state index in [-0.39, 0.29) is 6.42 Å². The van der Waals surface area contributed by atoms with Crippen LogP contribution in [0.15, 0.2) is 48.5 Å². The van der Waals surface area contributed by atoms with Crippen molar-refractivity contribution in [1.29, 1.82) is 0 Å². The number of carbonyl (C=O) groups is 1. The highest BCUT2D eigenvalue weighted by molar-refractivity contribution is 5.70. The van der Waals surface area contributed by atoms with Crippen LogP contribution >= 0.6 is 0 Å². The number of hydrogen-bond acceptors (Lipinski definition) is 3. The molecule has 0 spiro atoms. The normalized spacial score (nSPS) is 10.2. The molecular weight excluding hydrogens is 266 g/mol. The van der Waals surface area contributed by atoms with Gasteiger partial charge >= 0.3 is 5.97 Å². The van der Waals surface area contributed by atoms with Crippen LogP contribution in [0.1, 0.15) is 11.1 Å². The van der Waals surface area contributed by atoms with Crippen LogP contribution in [0.2, 0.25) is 0 Å². The summed E-state index contributed by atoms with van der Waals surface area (Å²) in [5.74, 6) is -0.00958. The van der Waals surface area contributed by atoms with Crippen molar-refractivity contribution in [1.82, 2.24) is 0 Å². The molecule has 0 radical (unpaired) electrons. The van der Waals surface area contributed by atoms with Crippen molar-refractivity contribution in [2.45, 2.75) is 13.0 Å². The van der Waals surface area contributed by atoms with Gasteiger partial charge in [-0.2, -0.15) is 0 Å². The van der Waals surface area contributed by atoms with Gasteiger partial charge in [-0.25, -0.2) is 0 Å². The Morgan fingerprint density at radius 1 is 1.14 bits per heavy atom. The van der Waals surface area contributed by atoms with Crippen LogP contribution in [0.25, 0.3) is 0 Å². The molecule has 0 aromatic heterocycles. The van der Waals surface area contributed by atoms with Gasteiger partial charge in [0, 0.05) is 25.3 Å². The first-order valence-electron chi connectivity index (χ1n) is 6.74. The van der Waals surface area contributed by atoms with E-state index in [1.54, 1.807) is 7.11 Å². The van der Waals surface area contributed by atoms with E-state index >= 15 is 0 Å². The summed E-state index contributed by atoms with van der Waals surface area (Å²) in [4.78, 5) is 13.0. The Balaban J connectivity index is 2.19. The lowest BCUT2D eigenvalue weighted by Gasteiger charge is -2.21. The predicted octanol–water partition coefficient (Wildman–Crippen LogP) is 2.96. The molecule has 21 heavy (non-hydrogen) atoms. The quantitative estimate of drug-likeness (QED) is 0.886. The van der Waals surface area contributed by atoms with Crippen LogP contribution in [0.3, 0.4) is 0 Å². The Hall–Kier alpha value is -2.49. The highest BCUT2D eigenvalue weighted by Crippen LogP contribution is 2.22. The van der Waals surface area contributed by atoms with Crippen LogP contribution in [0, 0.1) is 0 Å². The first-order chi connectivity index (χ1) is 10.1. The topological polar surface area (TPSA) is 49.8 Å². The number of hydrogen-bond donors (Lipinski definition) is 1. The first-order valence-corrected chi connectivity index (χ1v) is 6.74. The molecule has 0 heterocycles. The fraction of sp³-hybridized carbons (Fsp3) is 0.235. The summed E-state index contributed by atoms with van der Waals surface area (Å²) in [6.45, 7) is 0.649. The van der Waals surface area contributed by atoms with Crippen LogP contribution in [0.5, 0.6) is 5.75 Å². The molecule has 4 nitrogen and oxygen atoms in total. The Labute approximate surface area is 124 Å². The van der Waals surface area contributed by atoms with Gasteiger partial charge < -0.3 is 14.7 Å². The number of anilines is 1. The maximum absolute atomic E-state index is 10.9. The summed E-state index contributed by atoms with van der Waals surface area (Å²) in [6, 6.07) is 15.4. The van der Waals surface area contributed by atoms with Crippen LogP contribution in [-0.4, -0.2) is 25.2 Å². The Kier molecular flexibility index (Phi) is 4.82. The predicted molar refractivity (Wildman–Crippen MR) is 82.9 cm³/mol. The molecule has 4 heteroatoms. The summed E-state index contributed by atoms with van der Waals surface area (Å²) >= 11 is 0. The number of carboxylic acid groups (broad SMARTS) is 1. The largest absolute Gasteiger partial charge is 0.497 e. The van der Waals surface area contributed by atoms with Crippen LogP contribution in [0.4, 0.5) is 5.69 Å². The number of carboxylic acids is 1. The van der Waals surface area contributed by atoms with E-state index < -0.39 is 5.97 Å². The zero-order valence-electron chi connectivity index (χ0n) is 12.2. The van der Waals surface area contributed by atoms with Crippen molar-refractivity contribution >= 4 is 11.7 Å². The molecule has 2 rings (SSSR count). The van der Waals surface area contributed by atoms with E-state index in [0.29, 0.717) is 6.54 Å². The summed E-state index contributed by atoms with van der Waals surface area (Å²) in [5, 5.41) is 8.98. The maximum Gasteiger partial charge on any atom is 0.307 e. The highest BCUT2D eigenvalue weighted by Gasteiger charge is 2.09. The molecule has 0 atom stereocenters. The van der Waals surface area contributed by atoms with Gasteiger partial charge in [0.2, 0.25) is 0 Å². The third-order valence-corrected chi connectivity index (χ3v) is 3.36. The van der Waals surface area contributed by atoms with Crippen molar-refractivity contribution in [3.05, 3.63) is 59.7 Å². The molecule has 0 aliphatic carbocycles. The summed E-state index contributed by atoms with van der Waals surface area (Å²) in [7, 11) is 3.62. The second kappa shape index (κ2) is 6.79. The average molecular weight is 285 g/mol. The van der Waals surface area contributed by atoms with Gasteiger partial charge in [-0.05, 0) is 23.3 Å². The standard InChI is InChI=1S/C17H19NO3/c1-18(15-8-5-9-16(11-15)21-2)12-14-7-4-3-6-13(14)10-17(19)20/h3-9,11H,10,12H2,1-2H3,(H,19,20). The van der Waals surface area contributed by atoms with E-state index in [1.165, 1.54) is 0 Å². The van der Waals surface area contributed by atoms with Crippen molar-refractivity contribution in [2.75, 3.05) is 19.1 Å². The monoisotopic (exact) mass is 285 g/mol. The zero-order valence-corrected chi connectivity index (χ0v) is 12.2. The SMILES string of the molecule is COc1cccc(N(C)Cc2ccccc2CC(=O)O)c1. The number of nitrogens with zero attached hydrogens (tertiary/aromatic N) is 1. The fourth-order valence-corrected chi connectivity index (χ4v) is 2.24. The Morgan fingerprint density at radius 2 is 1.86 bits per heavy atom. The van der Waals surface area contributed by atoms with E-state index in [4.69, 9.17) is 9.84 Å². The number of ether oxygens (including phenoxy) is 1. The highest BCUT2D eigenvalue weighted by atomic mass is 16.5. The average Bonchev–Trinajstić information content (AvgIpc) is 2.48. The molecule has 0 aliphatic rings. The van der Waals surface area contributed by atoms with Gasteiger partial charge in [0.1, 0.15) is 5.75 Å². The third-order valence-electron chi connectivity index (χ3n) is 3.36.